The first kappa shape index (κ1) is 16.7. The summed E-state index contributed by atoms with van der Waals surface area (Å²) in [5, 5.41) is 6.38. The molecule has 4 nitrogen and oxygen atoms in total. The Morgan fingerprint density at radius 1 is 1.25 bits per heavy atom. The summed E-state index contributed by atoms with van der Waals surface area (Å²) in [4.78, 5) is 11.9. The zero-order chi connectivity index (χ0) is 15.2. The van der Waals surface area contributed by atoms with E-state index in [1.807, 2.05) is 39.0 Å². The number of carbonyl (C=O) groups is 1. The monoisotopic (exact) mass is 277 g/mol. The maximum absolute atomic E-state index is 11.9. The van der Waals surface area contributed by atoms with Crippen LogP contribution in [0.1, 0.15) is 45.7 Å². The lowest BCUT2D eigenvalue weighted by Gasteiger charge is -2.25. The van der Waals surface area contributed by atoms with Gasteiger partial charge in [0, 0.05) is 30.6 Å². The summed E-state index contributed by atoms with van der Waals surface area (Å²) < 4.78 is 0. The van der Waals surface area contributed by atoms with Crippen molar-refractivity contribution in [1.82, 2.24) is 10.6 Å². The molecule has 0 fully saturated rings. The molecular weight excluding hydrogens is 250 g/mol. The zero-order valence-electron chi connectivity index (χ0n) is 12.9. The van der Waals surface area contributed by atoms with Gasteiger partial charge >= 0.3 is 0 Å². The van der Waals surface area contributed by atoms with E-state index in [0.29, 0.717) is 13.0 Å². The normalized spacial score (nSPS) is 14.7. The van der Waals surface area contributed by atoms with E-state index < -0.39 is 0 Å². The fourth-order valence-electron chi connectivity index (χ4n) is 2.09. The molecular formula is C16H27N3O. The second-order valence-corrected chi connectivity index (χ2v) is 6.23. The standard InChI is InChI=1S/C16H27N3O/c1-12(13-8-6-5-7-9-13)18-14(11-17)10-15(20)19-16(2,3)4/h5-9,12,14,18H,10-11,17H2,1-4H3,(H,19,20). The first-order valence-corrected chi connectivity index (χ1v) is 7.14. The summed E-state index contributed by atoms with van der Waals surface area (Å²) in [6.45, 7) is 8.45. The van der Waals surface area contributed by atoms with Crippen LogP contribution in [0.25, 0.3) is 0 Å². The predicted octanol–water partition coefficient (Wildman–Crippen LogP) is 1.97. The molecule has 0 spiro atoms. The van der Waals surface area contributed by atoms with Crippen LogP contribution in [0.15, 0.2) is 30.3 Å². The molecule has 0 aliphatic rings. The van der Waals surface area contributed by atoms with Crippen molar-refractivity contribution >= 4 is 5.91 Å². The van der Waals surface area contributed by atoms with Gasteiger partial charge in [-0.15, -0.1) is 0 Å². The minimum Gasteiger partial charge on any atom is -0.351 e. The van der Waals surface area contributed by atoms with Crippen LogP contribution in [0, 0.1) is 0 Å². The molecule has 0 radical (unpaired) electrons. The van der Waals surface area contributed by atoms with Gasteiger partial charge in [0.25, 0.3) is 0 Å². The average molecular weight is 277 g/mol. The van der Waals surface area contributed by atoms with Crippen LogP contribution in [0.2, 0.25) is 0 Å². The number of hydrogen-bond donors (Lipinski definition) is 3. The third-order valence-electron chi connectivity index (χ3n) is 3.02. The van der Waals surface area contributed by atoms with E-state index in [1.165, 1.54) is 5.56 Å². The van der Waals surface area contributed by atoms with Crippen LogP contribution >= 0.6 is 0 Å². The largest absolute Gasteiger partial charge is 0.351 e. The Bertz CT molecular complexity index is 411. The Labute approximate surface area is 122 Å². The van der Waals surface area contributed by atoms with E-state index in [-0.39, 0.29) is 23.5 Å². The fraction of sp³-hybridized carbons (Fsp3) is 0.562. The van der Waals surface area contributed by atoms with Crippen molar-refractivity contribution in [2.45, 2.75) is 51.7 Å². The van der Waals surface area contributed by atoms with Crippen molar-refractivity contribution in [3.8, 4) is 0 Å². The molecule has 2 unspecified atom stereocenters. The maximum atomic E-state index is 11.9. The smallest absolute Gasteiger partial charge is 0.222 e. The Morgan fingerprint density at radius 2 is 1.85 bits per heavy atom. The first-order chi connectivity index (χ1) is 9.31. The van der Waals surface area contributed by atoms with Gasteiger partial charge in [0.15, 0.2) is 0 Å². The highest BCUT2D eigenvalue weighted by atomic mass is 16.1. The van der Waals surface area contributed by atoms with Crippen molar-refractivity contribution in [2.24, 2.45) is 5.73 Å². The molecule has 4 heteroatoms. The molecule has 1 rings (SSSR count). The lowest BCUT2D eigenvalue weighted by molar-refractivity contribution is -0.123. The molecule has 0 aliphatic carbocycles. The molecule has 2 atom stereocenters. The minimum atomic E-state index is -0.207. The molecule has 112 valence electrons. The lowest BCUT2D eigenvalue weighted by Crippen LogP contribution is -2.46. The Balaban J connectivity index is 2.53. The molecule has 0 aromatic heterocycles. The third kappa shape index (κ3) is 6.17. The van der Waals surface area contributed by atoms with E-state index in [2.05, 4.69) is 29.7 Å². The van der Waals surface area contributed by atoms with Gasteiger partial charge in [0.2, 0.25) is 5.91 Å². The van der Waals surface area contributed by atoms with Gasteiger partial charge in [-0.1, -0.05) is 30.3 Å². The SMILES string of the molecule is CC(NC(CN)CC(=O)NC(C)(C)C)c1ccccc1. The zero-order valence-corrected chi connectivity index (χ0v) is 12.9. The molecule has 20 heavy (non-hydrogen) atoms. The summed E-state index contributed by atoms with van der Waals surface area (Å²) in [7, 11) is 0. The predicted molar refractivity (Wildman–Crippen MR) is 83.3 cm³/mol. The van der Waals surface area contributed by atoms with Gasteiger partial charge in [0.05, 0.1) is 0 Å². The molecule has 0 heterocycles. The number of rotatable bonds is 6. The summed E-state index contributed by atoms with van der Waals surface area (Å²) in [6, 6.07) is 10.3. The molecule has 0 aliphatic heterocycles. The number of carbonyl (C=O) groups excluding carboxylic acids is 1. The van der Waals surface area contributed by atoms with Gasteiger partial charge in [-0.05, 0) is 33.3 Å². The minimum absolute atomic E-state index is 0.0208. The number of benzene rings is 1. The van der Waals surface area contributed by atoms with Crippen LogP contribution in [0.4, 0.5) is 0 Å². The summed E-state index contributed by atoms with van der Waals surface area (Å²) >= 11 is 0. The average Bonchev–Trinajstić information content (AvgIpc) is 2.36. The van der Waals surface area contributed by atoms with Crippen LogP contribution in [-0.2, 0) is 4.79 Å². The summed E-state index contributed by atoms with van der Waals surface area (Å²) in [6.07, 6.45) is 0.394. The summed E-state index contributed by atoms with van der Waals surface area (Å²) in [5.41, 5.74) is 6.76. The highest BCUT2D eigenvalue weighted by Crippen LogP contribution is 2.12. The van der Waals surface area contributed by atoms with Crippen molar-refractivity contribution in [3.63, 3.8) is 0 Å². The van der Waals surface area contributed by atoms with E-state index >= 15 is 0 Å². The van der Waals surface area contributed by atoms with Gasteiger partial charge in [0.1, 0.15) is 0 Å². The van der Waals surface area contributed by atoms with Gasteiger partial charge in [-0.2, -0.15) is 0 Å². The molecule has 1 amide bonds. The first-order valence-electron chi connectivity index (χ1n) is 7.14. The highest BCUT2D eigenvalue weighted by Gasteiger charge is 2.19. The van der Waals surface area contributed by atoms with Crippen molar-refractivity contribution in [1.29, 1.82) is 0 Å². The fourth-order valence-corrected chi connectivity index (χ4v) is 2.09. The highest BCUT2D eigenvalue weighted by molar-refractivity contribution is 5.77. The third-order valence-corrected chi connectivity index (χ3v) is 3.02. The van der Waals surface area contributed by atoms with E-state index in [9.17, 15) is 4.79 Å². The molecule has 1 aromatic rings. The number of nitrogens with two attached hydrogens (primary N) is 1. The van der Waals surface area contributed by atoms with Gasteiger partial charge in [-0.25, -0.2) is 0 Å². The van der Waals surface area contributed by atoms with Crippen LogP contribution < -0.4 is 16.4 Å². The quantitative estimate of drug-likeness (QED) is 0.744. The van der Waals surface area contributed by atoms with E-state index in [0.717, 1.165) is 0 Å². The summed E-state index contributed by atoms with van der Waals surface area (Å²) in [5.74, 6) is 0.0284. The van der Waals surface area contributed by atoms with Crippen LogP contribution in [0.3, 0.4) is 0 Å². The number of hydrogen-bond acceptors (Lipinski definition) is 3. The van der Waals surface area contributed by atoms with E-state index in [4.69, 9.17) is 5.73 Å². The molecule has 0 saturated heterocycles. The number of amides is 1. The molecule has 1 aromatic carbocycles. The van der Waals surface area contributed by atoms with E-state index in [1.54, 1.807) is 0 Å². The molecule has 0 saturated carbocycles. The molecule has 0 bridgehead atoms. The Kier molecular flexibility index (Phi) is 6.17. The maximum Gasteiger partial charge on any atom is 0.222 e. The van der Waals surface area contributed by atoms with Crippen LogP contribution in [0.5, 0.6) is 0 Å². The van der Waals surface area contributed by atoms with Crippen molar-refractivity contribution in [3.05, 3.63) is 35.9 Å². The Hall–Kier alpha value is -1.39. The van der Waals surface area contributed by atoms with Gasteiger partial charge in [-0.3, -0.25) is 4.79 Å². The lowest BCUT2D eigenvalue weighted by atomic mass is 10.1. The second-order valence-electron chi connectivity index (χ2n) is 6.23. The second kappa shape index (κ2) is 7.41. The van der Waals surface area contributed by atoms with Crippen molar-refractivity contribution in [2.75, 3.05) is 6.54 Å². The van der Waals surface area contributed by atoms with Gasteiger partial charge < -0.3 is 16.4 Å². The molecule has 4 N–H and O–H groups in total. The topological polar surface area (TPSA) is 67.1 Å². The van der Waals surface area contributed by atoms with Crippen molar-refractivity contribution < 1.29 is 4.79 Å². The van der Waals surface area contributed by atoms with Crippen LogP contribution in [-0.4, -0.2) is 24.0 Å². The Morgan fingerprint density at radius 3 is 2.35 bits per heavy atom. The number of nitrogens with one attached hydrogen (secondary N) is 2.